The molecule has 1 amide bonds. The lowest BCUT2D eigenvalue weighted by atomic mass is 9.94. The van der Waals surface area contributed by atoms with Gasteiger partial charge in [-0.3, -0.25) is 14.5 Å². The Bertz CT molecular complexity index is 1330. The molecule has 0 saturated carbocycles. The molecule has 4 rings (SSSR count). The van der Waals surface area contributed by atoms with E-state index in [1.54, 1.807) is 54.6 Å². The molecule has 7 heteroatoms. The van der Waals surface area contributed by atoms with Crippen LogP contribution in [0.5, 0.6) is 11.5 Å². The van der Waals surface area contributed by atoms with Gasteiger partial charge in [-0.05, 0) is 79.9 Å². The lowest BCUT2D eigenvalue weighted by molar-refractivity contribution is -0.132. The molecule has 1 aliphatic rings. The molecule has 0 radical (unpaired) electrons. The van der Waals surface area contributed by atoms with E-state index in [9.17, 15) is 14.7 Å². The number of aliphatic hydroxyl groups is 1. The molecule has 1 heterocycles. The van der Waals surface area contributed by atoms with Gasteiger partial charge in [0.2, 0.25) is 0 Å². The molecule has 0 spiro atoms. The molecule has 1 aliphatic heterocycles. The Kier molecular flexibility index (Phi) is 6.85. The number of aliphatic hydroxyl groups excluding tert-OH is 1. The van der Waals surface area contributed by atoms with Gasteiger partial charge in [0.1, 0.15) is 5.76 Å². The number of rotatable bonds is 6. The highest BCUT2D eigenvalue weighted by atomic mass is 35.5. The van der Waals surface area contributed by atoms with Crippen LogP contribution in [0.2, 0.25) is 5.02 Å². The van der Waals surface area contributed by atoms with Crippen molar-refractivity contribution in [3.05, 3.63) is 93.5 Å². The van der Waals surface area contributed by atoms with Crippen molar-refractivity contribution in [2.45, 2.75) is 26.8 Å². The SMILES string of the molecule is CCOc1cc(C2/C(=C(/O)c3ccc(C)c(C)c3)C(=O)C(=O)N2c2ccc(Cl)cc2)ccc1OC. The van der Waals surface area contributed by atoms with Gasteiger partial charge in [-0.1, -0.05) is 29.8 Å². The maximum absolute atomic E-state index is 13.3. The third-order valence-electron chi connectivity index (χ3n) is 6.13. The molecule has 0 bridgehead atoms. The van der Waals surface area contributed by atoms with Crippen LogP contribution in [0.3, 0.4) is 0 Å². The van der Waals surface area contributed by atoms with Gasteiger partial charge < -0.3 is 14.6 Å². The molecular weight excluding hydrogens is 466 g/mol. The first-order chi connectivity index (χ1) is 16.8. The highest BCUT2D eigenvalue weighted by Crippen LogP contribution is 2.44. The normalized spacial score (nSPS) is 17.1. The number of anilines is 1. The van der Waals surface area contributed by atoms with Crippen LogP contribution in [0, 0.1) is 13.8 Å². The molecule has 3 aromatic rings. The van der Waals surface area contributed by atoms with Gasteiger partial charge in [-0.2, -0.15) is 0 Å². The van der Waals surface area contributed by atoms with E-state index in [-0.39, 0.29) is 11.3 Å². The zero-order valence-electron chi connectivity index (χ0n) is 20.0. The van der Waals surface area contributed by atoms with Crippen molar-refractivity contribution in [1.82, 2.24) is 0 Å². The summed E-state index contributed by atoms with van der Waals surface area (Å²) < 4.78 is 11.1. The molecule has 0 aromatic heterocycles. The summed E-state index contributed by atoms with van der Waals surface area (Å²) in [7, 11) is 1.54. The van der Waals surface area contributed by atoms with E-state index in [2.05, 4.69) is 0 Å². The van der Waals surface area contributed by atoms with Crippen molar-refractivity contribution < 1.29 is 24.2 Å². The second-order valence-electron chi connectivity index (χ2n) is 8.29. The lowest BCUT2D eigenvalue weighted by Crippen LogP contribution is -2.29. The van der Waals surface area contributed by atoms with Crippen molar-refractivity contribution in [2.75, 3.05) is 18.6 Å². The minimum Gasteiger partial charge on any atom is -0.507 e. The molecular formula is C28H26ClNO5. The van der Waals surface area contributed by atoms with Crippen LogP contribution < -0.4 is 14.4 Å². The van der Waals surface area contributed by atoms with E-state index in [1.165, 1.54) is 12.0 Å². The van der Waals surface area contributed by atoms with E-state index < -0.39 is 17.7 Å². The Labute approximate surface area is 209 Å². The molecule has 1 N–H and O–H groups in total. The average molecular weight is 492 g/mol. The summed E-state index contributed by atoms with van der Waals surface area (Å²) in [6.07, 6.45) is 0. The van der Waals surface area contributed by atoms with Gasteiger partial charge >= 0.3 is 0 Å². The smallest absolute Gasteiger partial charge is 0.300 e. The zero-order chi connectivity index (χ0) is 25.3. The second kappa shape index (κ2) is 9.84. The summed E-state index contributed by atoms with van der Waals surface area (Å²) in [5.41, 5.74) is 3.55. The molecule has 35 heavy (non-hydrogen) atoms. The summed E-state index contributed by atoms with van der Waals surface area (Å²) in [4.78, 5) is 28.0. The van der Waals surface area contributed by atoms with Crippen molar-refractivity contribution in [1.29, 1.82) is 0 Å². The van der Waals surface area contributed by atoms with E-state index in [4.69, 9.17) is 21.1 Å². The van der Waals surface area contributed by atoms with Crippen molar-refractivity contribution in [3.63, 3.8) is 0 Å². The Hall–Kier alpha value is -3.77. The first kappa shape index (κ1) is 24.4. The zero-order valence-corrected chi connectivity index (χ0v) is 20.7. The van der Waals surface area contributed by atoms with Crippen molar-refractivity contribution in [2.24, 2.45) is 0 Å². The maximum atomic E-state index is 13.3. The Morgan fingerprint density at radius 1 is 0.971 bits per heavy atom. The number of benzene rings is 3. The number of methoxy groups -OCH3 is 1. The number of carbonyl (C=O) groups is 2. The predicted octanol–water partition coefficient (Wildman–Crippen LogP) is 5.99. The van der Waals surface area contributed by atoms with Gasteiger partial charge in [0.05, 0.1) is 25.3 Å². The quantitative estimate of drug-likeness (QED) is 0.260. The predicted molar refractivity (Wildman–Crippen MR) is 136 cm³/mol. The minimum atomic E-state index is -0.886. The minimum absolute atomic E-state index is 0.000758. The van der Waals surface area contributed by atoms with Gasteiger partial charge in [-0.25, -0.2) is 0 Å². The molecule has 180 valence electrons. The third-order valence-corrected chi connectivity index (χ3v) is 6.38. The van der Waals surface area contributed by atoms with Crippen LogP contribution in [0.25, 0.3) is 5.76 Å². The fourth-order valence-corrected chi connectivity index (χ4v) is 4.32. The number of halogens is 1. The van der Waals surface area contributed by atoms with Crippen LogP contribution in [0.15, 0.2) is 66.2 Å². The van der Waals surface area contributed by atoms with Gasteiger partial charge in [0.25, 0.3) is 11.7 Å². The number of Topliss-reactive ketones (excluding diaryl/α,β-unsaturated/α-hetero) is 1. The first-order valence-electron chi connectivity index (χ1n) is 11.2. The Balaban J connectivity index is 1.96. The first-order valence-corrected chi connectivity index (χ1v) is 11.6. The molecule has 1 atom stereocenters. The number of aryl methyl sites for hydroxylation is 2. The summed E-state index contributed by atoms with van der Waals surface area (Å²) in [5.74, 6) is -0.749. The van der Waals surface area contributed by atoms with E-state index in [0.717, 1.165) is 11.1 Å². The van der Waals surface area contributed by atoms with E-state index in [1.807, 2.05) is 26.8 Å². The van der Waals surface area contributed by atoms with Crippen LogP contribution in [0.4, 0.5) is 5.69 Å². The second-order valence-corrected chi connectivity index (χ2v) is 8.72. The van der Waals surface area contributed by atoms with E-state index >= 15 is 0 Å². The number of nitrogens with zero attached hydrogens (tertiary/aromatic N) is 1. The maximum Gasteiger partial charge on any atom is 0.300 e. The summed E-state index contributed by atoms with van der Waals surface area (Å²) in [6.45, 7) is 6.14. The van der Waals surface area contributed by atoms with Crippen LogP contribution in [-0.2, 0) is 9.59 Å². The fraction of sp³-hybridized carbons (Fsp3) is 0.214. The van der Waals surface area contributed by atoms with Crippen LogP contribution in [-0.4, -0.2) is 30.5 Å². The monoisotopic (exact) mass is 491 g/mol. The lowest BCUT2D eigenvalue weighted by Gasteiger charge is -2.26. The highest BCUT2D eigenvalue weighted by Gasteiger charge is 2.47. The van der Waals surface area contributed by atoms with Crippen LogP contribution in [0.1, 0.15) is 35.2 Å². The number of hydrogen-bond donors (Lipinski definition) is 1. The molecule has 1 saturated heterocycles. The van der Waals surface area contributed by atoms with Gasteiger partial charge in [0.15, 0.2) is 11.5 Å². The van der Waals surface area contributed by atoms with E-state index in [0.29, 0.717) is 39.9 Å². The van der Waals surface area contributed by atoms with Crippen molar-refractivity contribution in [3.8, 4) is 11.5 Å². The average Bonchev–Trinajstić information content (AvgIpc) is 3.11. The third kappa shape index (κ3) is 4.49. The standard InChI is InChI=1S/C28H26ClNO5/c1-5-35-23-15-18(8-13-22(23)34-4)25-24(26(31)19-7-6-16(2)17(3)14-19)27(32)28(33)30(25)21-11-9-20(29)10-12-21/h6-15,25,31H,5H2,1-4H3/b26-24-. The largest absolute Gasteiger partial charge is 0.507 e. The molecule has 0 aliphatic carbocycles. The number of amides is 1. The number of carbonyl (C=O) groups excluding carboxylic acids is 2. The van der Waals surface area contributed by atoms with Gasteiger partial charge in [-0.15, -0.1) is 0 Å². The van der Waals surface area contributed by atoms with Gasteiger partial charge in [0, 0.05) is 16.3 Å². The fourth-order valence-electron chi connectivity index (χ4n) is 4.19. The van der Waals surface area contributed by atoms with Crippen LogP contribution >= 0.6 is 11.6 Å². The highest BCUT2D eigenvalue weighted by molar-refractivity contribution is 6.51. The number of ether oxygens (including phenoxy) is 2. The molecule has 1 fully saturated rings. The summed E-state index contributed by atoms with van der Waals surface area (Å²) in [6, 6.07) is 16.4. The molecule has 1 unspecified atom stereocenters. The summed E-state index contributed by atoms with van der Waals surface area (Å²) in [5, 5.41) is 11.8. The number of ketones is 1. The Morgan fingerprint density at radius 2 is 1.69 bits per heavy atom. The molecule has 6 nitrogen and oxygen atoms in total. The number of hydrogen-bond acceptors (Lipinski definition) is 5. The topological polar surface area (TPSA) is 76.1 Å². The Morgan fingerprint density at radius 3 is 2.31 bits per heavy atom. The molecule has 3 aromatic carbocycles. The van der Waals surface area contributed by atoms with Crippen molar-refractivity contribution >= 4 is 34.7 Å². The summed E-state index contributed by atoms with van der Waals surface area (Å²) >= 11 is 6.06.